The van der Waals surface area contributed by atoms with Crippen LogP contribution in [0.4, 0.5) is 4.39 Å². The van der Waals surface area contributed by atoms with Crippen molar-refractivity contribution in [3.63, 3.8) is 0 Å². The molecule has 0 unspecified atom stereocenters. The molecule has 0 atom stereocenters. The zero-order chi connectivity index (χ0) is 11.0. The Hall–Kier alpha value is -1.42. The van der Waals surface area contributed by atoms with Gasteiger partial charge in [-0.2, -0.15) is 0 Å². The zero-order valence-corrected chi connectivity index (χ0v) is 9.27. The third kappa shape index (κ3) is 1.72. The summed E-state index contributed by atoms with van der Waals surface area (Å²) >= 11 is 1.32. The van der Waals surface area contributed by atoms with Gasteiger partial charge >= 0.3 is 0 Å². The van der Waals surface area contributed by atoms with Gasteiger partial charge in [0.2, 0.25) is 0 Å². The molecule has 0 fully saturated rings. The minimum absolute atomic E-state index is 0.0874. The first-order chi connectivity index (χ1) is 7.09. The number of halogens is 1. The van der Waals surface area contributed by atoms with E-state index in [1.807, 2.05) is 6.07 Å². The fourth-order valence-electron chi connectivity index (χ4n) is 1.35. The van der Waals surface area contributed by atoms with Gasteiger partial charge in [-0.25, -0.2) is 4.39 Å². The lowest BCUT2D eigenvalue weighted by atomic mass is 10.2. The molecule has 4 heteroatoms. The van der Waals surface area contributed by atoms with Gasteiger partial charge in [0.25, 0.3) is 5.91 Å². The summed E-state index contributed by atoms with van der Waals surface area (Å²) in [6, 6.07) is 6.48. The van der Waals surface area contributed by atoms with Crippen LogP contribution in [-0.2, 0) is 0 Å². The van der Waals surface area contributed by atoms with Gasteiger partial charge in [0.05, 0.1) is 4.88 Å². The first kappa shape index (κ1) is 10.1. The second kappa shape index (κ2) is 3.62. The van der Waals surface area contributed by atoms with Crippen molar-refractivity contribution in [1.82, 2.24) is 4.90 Å². The molecular formula is C11H10FNOS. The van der Waals surface area contributed by atoms with Crippen LogP contribution in [0.25, 0.3) is 10.1 Å². The van der Waals surface area contributed by atoms with E-state index in [0.717, 1.165) is 4.70 Å². The molecule has 78 valence electrons. The molecule has 0 saturated carbocycles. The van der Waals surface area contributed by atoms with E-state index >= 15 is 0 Å². The Morgan fingerprint density at radius 3 is 2.73 bits per heavy atom. The van der Waals surface area contributed by atoms with Crippen molar-refractivity contribution in [2.24, 2.45) is 0 Å². The lowest BCUT2D eigenvalue weighted by Crippen LogP contribution is -2.20. The fraction of sp³-hybridized carbons (Fsp3) is 0.182. The van der Waals surface area contributed by atoms with Gasteiger partial charge in [0.15, 0.2) is 0 Å². The number of amides is 1. The molecule has 2 nitrogen and oxygen atoms in total. The predicted octanol–water partition coefficient (Wildman–Crippen LogP) is 2.74. The van der Waals surface area contributed by atoms with Crippen LogP contribution in [0.5, 0.6) is 0 Å². The number of carbonyl (C=O) groups is 1. The molecule has 2 aromatic rings. The summed E-state index contributed by atoms with van der Waals surface area (Å²) < 4.78 is 14.2. The molecule has 1 amide bonds. The summed E-state index contributed by atoms with van der Waals surface area (Å²) in [5.74, 6) is -0.364. The molecule has 1 heterocycles. The summed E-state index contributed by atoms with van der Waals surface area (Å²) in [4.78, 5) is 13.7. The summed E-state index contributed by atoms with van der Waals surface area (Å²) in [7, 11) is 3.37. The van der Waals surface area contributed by atoms with Gasteiger partial charge in [0, 0.05) is 24.2 Å². The molecule has 0 aliphatic carbocycles. The molecule has 15 heavy (non-hydrogen) atoms. The number of benzene rings is 1. The van der Waals surface area contributed by atoms with Gasteiger partial charge in [-0.3, -0.25) is 4.79 Å². The van der Waals surface area contributed by atoms with E-state index < -0.39 is 0 Å². The van der Waals surface area contributed by atoms with Crippen molar-refractivity contribution in [3.05, 3.63) is 35.0 Å². The largest absolute Gasteiger partial charge is 0.344 e. The number of rotatable bonds is 1. The van der Waals surface area contributed by atoms with Gasteiger partial charge in [0.1, 0.15) is 5.82 Å². The highest BCUT2D eigenvalue weighted by Gasteiger charge is 2.13. The molecule has 0 bridgehead atoms. The Kier molecular flexibility index (Phi) is 2.44. The minimum atomic E-state index is -0.276. The first-order valence-corrected chi connectivity index (χ1v) is 5.31. The van der Waals surface area contributed by atoms with Crippen LogP contribution in [0, 0.1) is 5.82 Å². The molecule has 1 aromatic carbocycles. The SMILES string of the molecule is CN(C)C(=O)c1cc2c(F)cccc2s1. The number of fused-ring (bicyclic) bond motifs is 1. The summed E-state index contributed by atoms with van der Waals surface area (Å²) in [6.07, 6.45) is 0. The van der Waals surface area contributed by atoms with Crippen molar-refractivity contribution in [2.75, 3.05) is 14.1 Å². The molecule has 1 aromatic heterocycles. The van der Waals surface area contributed by atoms with Gasteiger partial charge in [-0.05, 0) is 18.2 Å². The molecule has 0 saturated heterocycles. The summed E-state index contributed by atoms with van der Waals surface area (Å²) in [5.41, 5.74) is 0. The smallest absolute Gasteiger partial charge is 0.263 e. The van der Waals surface area contributed by atoms with E-state index in [-0.39, 0.29) is 11.7 Å². The number of hydrogen-bond acceptors (Lipinski definition) is 2. The molecule has 0 spiro atoms. The molecule has 0 aliphatic rings. The normalized spacial score (nSPS) is 10.6. The number of thiophene rings is 1. The average molecular weight is 223 g/mol. The highest BCUT2D eigenvalue weighted by Crippen LogP contribution is 2.28. The molecule has 0 radical (unpaired) electrons. The first-order valence-electron chi connectivity index (χ1n) is 4.49. The van der Waals surface area contributed by atoms with E-state index in [9.17, 15) is 9.18 Å². The Morgan fingerprint density at radius 1 is 1.40 bits per heavy atom. The second-order valence-electron chi connectivity index (χ2n) is 3.46. The van der Waals surface area contributed by atoms with Gasteiger partial charge in [-0.1, -0.05) is 6.07 Å². The van der Waals surface area contributed by atoms with Crippen molar-refractivity contribution >= 4 is 27.3 Å². The quantitative estimate of drug-likeness (QED) is 0.728. The monoisotopic (exact) mass is 223 g/mol. The van der Waals surface area contributed by atoms with Gasteiger partial charge in [-0.15, -0.1) is 11.3 Å². The fourth-order valence-corrected chi connectivity index (χ4v) is 2.45. The van der Waals surface area contributed by atoms with Crippen molar-refractivity contribution < 1.29 is 9.18 Å². The lowest BCUT2D eigenvalue weighted by Gasteiger charge is -2.06. The number of nitrogens with zero attached hydrogens (tertiary/aromatic N) is 1. The van der Waals surface area contributed by atoms with Crippen LogP contribution >= 0.6 is 11.3 Å². The number of hydrogen-bond donors (Lipinski definition) is 0. The van der Waals surface area contributed by atoms with E-state index in [1.165, 1.54) is 22.3 Å². The van der Waals surface area contributed by atoms with Crippen LogP contribution < -0.4 is 0 Å². The number of carbonyl (C=O) groups excluding carboxylic acids is 1. The zero-order valence-electron chi connectivity index (χ0n) is 8.45. The average Bonchev–Trinajstić information content (AvgIpc) is 2.61. The van der Waals surface area contributed by atoms with Crippen molar-refractivity contribution in [1.29, 1.82) is 0 Å². The molecular weight excluding hydrogens is 213 g/mol. The lowest BCUT2D eigenvalue weighted by molar-refractivity contribution is 0.0832. The standard InChI is InChI=1S/C11H10FNOS/c1-13(2)11(14)10-6-7-8(12)4-3-5-9(7)15-10/h3-6H,1-2H3. The maximum absolute atomic E-state index is 13.3. The van der Waals surface area contributed by atoms with E-state index in [4.69, 9.17) is 0 Å². The molecule has 0 aliphatic heterocycles. The van der Waals surface area contributed by atoms with Crippen LogP contribution in [0.2, 0.25) is 0 Å². The van der Waals surface area contributed by atoms with Crippen LogP contribution in [0.15, 0.2) is 24.3 Å². The summed E-state index contributed by atoms with van der Waals surface area (Å²) in [5, 5.41) is 0.521. The highest BCUT2D eigenvalue weighted by molar-refractivity contribution is 7.20. The second-order valence-corrected chi connectivity index (χ2v) is 4.55. The van der Waals surface area contributed by atoms with Crippen molar-refractivity contribution in [2.45, 2.75) is 0 Å². The highest BCUT2D eigenvalue weighted by atomic mass is 32.1. The maximum atomic E-state index is 13.3. The maximum Gasteiger partial charge on any atom is 0.263 e. The van der Waals surface area contributed by atoms with E-state index in [2.05, 4.69) is 0 Å². The third-order valence-corrected chi connectivity index (χ3v) is 3.21. The van der Waals surface area contributed by atoms with Crippen molar-refractivity contribution in [3.8, 4) is 0 Å². The Balaban J connectivity index is 2.57. The molecule has 0 N–H and O–H groups in total. The van der Waals surface area contributed by atoms with Crippen LogP contribution in [-0.4, -0.2) is 24.9 Å². The predicted molar refractivity (Wildman–Crippen MR) is 59.8 cm³/mol. The Labute approximate surface area is 90.9 Å². The van der Waals surface area contributed by atoms with Gasteiger partial charge < -0.3 is 4.90 Å². The minimum Gasteiger partial charge on any atom is -0.344 e. The van der Waals surface area contributed by atoms with E-state index in [1.54, 1.807) is 26.2 Å². The summed E-state index contributed by atoms with van der Waals surface area (Å²) in [6.45, 7) is 0. The van der Waals surface area contributed by atoms with Crippen LogP contribution in [0.1, 0.15) is 9.67 Å². The third-order valence-electron chi connectivity index (χ3n) is 2.13. The topological polar surface area (TPSA) is 20.3 Å². The Bertz CT molecular complexity index is 518. The Morgan fingerprint density at radius 2 is 2.13 bits per heavy atom. The van der Waals surface area contributed by atoms with Crippen LogP contribution in [0.3, 0.4) is 0 Å². The van der Waals surface area contributed by atoms with E-state index in [0.29, 0.717) is 10.3 Å². The molecule has 2 rings (SSSR count).